The molecule has 138 valence electrons. The van der Waals surface area contributed by atoms with Gasteiger partial charge < -0.3 is 9.80 Å². The van der Waals surface area contributed by atoms with Gasteiger partial charge in [-0.2, -0.15) is 0 Å². The van der Waals surface area contributed by atoms with Crippen molar-refractivity contribution in [3.05, 3.63) is 59.7 Å². The Labute approximate surface area is 158 Å². The van der Waals surface area contributed by atoms with Gasteiger partial charge in [0.05, 0.1) is 6.04 Å². The van der Waals surface area contributed by atoms with Crippen LogP contribution in [0.1, 0.15) is 52.7 Å². The predicted molar refractivity (Wildman–Crippen MR) is 112 cm³/mol. The molecule has 0 amide bonds. The minimum atomic E-state index is 0.136. The van der Waals surface area contributed by atoms with E-state index in [-0.39, 0.29) is 10.8 Å². The molecule has 0 N–H and O–H groups in total. The molecule has 1 saturated heterocycles. The van der Waals surface area contributed by atoms with Crippen molar-refractivity contribution in [1.29, 1.82) is 0 Å². The average molecular weight is 349 g/mol. The Morgan fingerprint density at radius 2 is 1.42 bits per heavy atom. The van der Waals surface area contributed by atoms with Gasteiger partial charge in [-0.3, -0.25) is 0 Å². The standard InChI is InChI=1S/C24H32N2/c1-16-12-8-10-14-19(16)25-17(2)21-24(6,7)18-13-9-11-15-20(18)26(21)22(25)23(3,4)5/h8-15,17,21-22H,1-7H3/t17-,21?,22?/m0/s1. The third-order valence-corrected chi connectivity index (χ3v) is 6.51. The number of hydrogen-bond acceptors (Lipinski definition) is 2. The summed E-state index contributed by atoms with van der Waals surface area (Å²) in [6.07, 6.45) is 0.339. The SMILES string of the molecule is Cc1ccccc1N1C(C(C)(C)C)N2c3ccccc3C(C)(C)C2[C@@H]1C. The highest BCUT2D eigenvalue weighted by atomic mass is 15.5. The molecular formula is C24H32N2. The topological polar surface area (TPSA) is 6.48 Å². The Balaban J connectivity index is 1.94. The molecule has 2 nitrogen and oxygen atoms in total. The second kappa shape index (κ2) is 5.52. The van der Waals surface area contributed by atoms with Crippen LogP contribution in [0.15, 0.2) is 48.5 Å². The van der Waals surface area contributed by atoms with E-state index in [1.807, 2.05) is 0 Å². The number of rotatable bonds is 1. The summed E-state index contributed by atoms with van der Waals surface area (Å²) in [4.78, 5) is 5.42. The molecule has 2 heteroatoms. The highest BCUT2D eigenvalue weighted by Crippen LogP contribution is 2.55. The first kappa shape index (κ1) is 17.5. The quantitative estimate of drug-likeness (QED) is 0.648. The van der Waals surface area contributed by atoms with Crippen LogP contribution in [0.4, 0.5) is 11.4 Å². The Hall–Kier alpha value is -1.96. The maximum Gasteiger partial charge on any atom is 0.107 e. The van der Waals surface area contributed by atoms with Crippen molar-refractivity contribution in [2.75, 3.05) is 9.80 Å². The lowest BCUT2D eigenvalue weighted by atomic mass is 9.78. The summed E-state index contributed by atoms with van der Waals surface area (Å²) in [5.41, 5.74) is 5.93. The van der Waals surface area contributed by atoms with Crippen molar-refractivity contribution in [3.63, 3.8) is 0 Å². The van der Waals surface area contributed by atoms with Gasteiger partial charge in [-0.1, -0.05) is 71.0 Å². The lowest BCUT2D eigenvalue weighted by Crippen LogP contribution is -2.49. The van der Waals surface area contributed by atoms with Crippen LogP contribution in [-0.2, 0) is 5.41 Å². The van der Waals surface area contributed by atoms with E-state index in [2.05, 4.69) is 107 Å². The van der Waals surface area contributed by atoms with Crippen molar-refractivity contribution in [3.8, 4) is 0 Å². The molecule has 2 aromatic carbocycles. The lowest BCUT2D eigenvalue weighted by Gasteiger charge is -2.42. The van der Waals surface area contributed by atoms with Crippen molar-refractivity contribution < 1.29 is 0 Å². The molecule has 3 atom stereocenters. The summed E-state index contributed by atoms with van der Waals surface area (Å²) < 4.78 is 0. The Morgan fingerprint density at radius 3 is 2.04 bits per heavy atom. The fraction of sp³-hybridized carbons (Fsp3) is 0.500. The smallest absolute Gasteiger partial charge is 0.107 e. The second-order valence-electron chi connectivity index (χ2n) is 9.76. The van der Waals surface area contributed by atoms with Gasteiger partial charge in [-0.15, -0.1) is 0 Å². The van der Waals surface area contributed by atoms with E-state index in [9.17, 15) is 0 Å². The summed E-state index contributed by atoms with van der Waals surface area (Å²) in [6, 6.07) is 18.8. The van der Waals surface area contributed by atoms with E-state index >= 15 is 0 Å². The molecule has 2 aliphatic heterocycles. The number of fused-ring (bicyclic) bond motifs is 3. The number of benzene rings is 2. The summed E-state index contributed by atoms with van der Waals surface area (Å²) in [7, 11) is 0. The maximum absolute atomic E-state index is 2.73. The van der Waals surface area contributed by atoms with Crippen LogP contribution in [0.3, 0.4) is 0 Å². The van der Waals surface area contributed by atoms with Gasteiger partial charge in [0, 0.05) is 28.2 Å². The normalized spacial score (nSPS) is 26.8. The molecular weight excluding hydrogens is 316 g/mol. The zero-order valence-electron chi connectivity index (χ0n) is 17.2. The largest absolute Gasteiger partial charge is 0.346 e. The van der Waals surface area contributed by atoms with Gasteiger partial charge in [0.2, 0.25) is 0 Å². The van der Waals surface area contributed by atoms with Crippen LogP contribution in [-0.4, -0.2) is 18.2 Å². The molecule has 0 aromatic heterocycles. The van der Waals surface area contributed by atoms with Gasteiger partial charge in [-0.25, -0.2) is 0 Å². The molecule has 0 bridgehead atoms. The first-order valence-electron chi connectivity index (χ1n) is 9.87. The van der Waals surface area contributed by atoms with E-state index in [4.69, 9.17) is 0 Å². The monoisotopic (exact) mass is 348 g/mol. The lowest BCUT2D eigenvalue weighted by molar-refractivity contribution is 0.315. The van der Waals surface area contributed by atoms with E-state index < -0.39 is 0 Å². The zero-order valence-corrected chi connectivity index (χ0v) is 17.2. The molecule has 26 heavy (non-hydrogen) atoms. The number of nitrogens with zero attached hydrogens (tertiary/aromatic N) is 2. The Bertz CT molecular complexity index is 830. The van der Waals surface area contributed by atoms with Crippen molar-refractivity contribution in [2.45, 2.75) is 72.1 Å². The van der Waals surface area contributed by atoms with Gasteiger partial charge in [0.1, 0.15) is 6.17 Å². The van der Waals surface area contributed by atoms with Gasteiger partial charge in [-0.05, 0) is 37.1 Å². The summed E-state index contributed by atoms with van der Waals surface area (Å²) in [6.45, 7) is 16.7. The van der Waals surface area contributed by atoms with E-state index in [1.54, 1.807) is 0 Å². The number of para-hydroxylation sites is 2. The summed E-state index contributed by atoms with van der Waals surface area (Å²) in [5, 5.41) is 0. The Kier molecular flexibility index (Phi) is 3.70. The Morgan fingerprint density at radius 1 is 0.846 bits per heavy atom. The van der Waals surface area contributed by atoms with Crippen LogP contribution in [0.25, 0.3) is 0 Å². The molecule has 2 unspecified atom stereocenters. The third-order valence-electron chi connectivity index (χ3n) is 6.51. The van der Waals surface area contributed by atoms with Gasteiger partial charge in [0.15, 0.2) is 0 Å². The molecule has 0 saturated carbocycles. The highest BCUT2D eigenvalue weighted by Gasteiger charge is 2.59. The minimum Gasteiger partial charge on any atom is -0.346 e. The van der Waals surface area contributed by atoms with Crippen LogP contribution in [0, 0.1) is 12.3 Å². The van der Waals surface area contributed by atoms with Gasteiger partial charge >= 0.3 is 0 Å². The first-order valence-corrected chi connectivity index (χ1v) is 9.87. The molecule has 0 radical (unpaired) electrons. The zero-order chi connectivity index (χ0) is 18.9. The van der Waals surface area contributed by atoms with E-state index in [0.717, 1.165) is 0 Å². The number of aryl methyl sites for hydroxylation is 1. The highest BCUT2D eigenvalue weighted by molar-refractivity contribution is 5.71. The van der Waals surface area contributed by atoms with Crippen LogP contribution in [0.2, 0.25) is 0 Å². The van der Waals surface area contributed by atoms with E-state index in [1.165, 1.54) is 22.5 Å². The molecule has 0 aliphatic carbocycles. The first-order chi connectivity index (χ1) is 12.2. The molecule has 2 aliphatic rings. The number of anilines is 2. The van der Waals surface area contributed by atoms with Crippen LogP contribution < -0.4 is 9.80 Å². The third kappa shape index (κ3) is 2.24. The predicted octanol–water partition coefficient (Wildman–Crippen LogP) is 5.74. The van der Waals surface area contributed by atoms with Gasteiger partial charge in [0.25, 0.3) is 0 Å². The van der Waals surface area contributed by atoms with E-state index in [0.29, 0.717) is 18.2 Å². The molecule has 2 heterocycles. The molecule has 4 rings (SSSR count). The summed E-state index contributed by atoms with van der Waals surface area (Å²) >= 11 is 0. The second-order valence-corrected chi connectivity index (χ2v) is 9.76. The minimum absolute atomic E-state index is 0.136. The molecule has 2 aromatic rings. The van der Waals surface area contributed by atoms with Crippen molar-refractivity contribution in [1.82, 2.24) is 0 Å². The van der Waals surface area contributed by atoms with Crippen LogP contribution in [0.5, 0.6) is 0 Å². The average Bonchev–Trinajstić information content (AvgIpc) is 3.00. The molecule has 1 fully saturated rings. The fourth-order valence-corrected chi connectivity index (χ4v) is 5.57. The molecule has 0 spiro atoms. The van der Waals surface area contributed by atoms with Crippen molar-refractivity contribution >= 4 is 11.4 Å². The maximum atomic E-state index is 2.73. The fourth-order valence-electron chi connectivity index (χ4n) is 5.57. The van der Waals surface area contributed by atoms with Crippen molar-refractivity contribution in [2.24, 2.45) is 5.41 Å². The summed E-state index contributed by atoms with van der Waals surface area (Å²) in [5.74, 6) is 0. The number of hydrogen-bond donors (Lipinski definition) is 0. The van der Waals surface area contributed by atoms with Crippen LogP contribution >= 0.6 is 0 Å².